The Balaban J connectivity index is 2.18. The molecule has 0 bridgehead atoms. The molecule has 0 unspecified atom stereocenters. The Hall–Kier alpha value is -1.27. The van der Waals surface area contributed by atoms with Crippen LogP contribution in [0, 0.1) is 11.2 Å². The zero-order valence-electron chi connectivity index (χ0n) is 9.02. The molecule has 16 heavy (non-hydrogen) atoms. The molecule has 1 aliphatic rings. The lowest BCUT2D eigenvalue weighted by atomic mass is 10.2. The average Bonchev–Trinajstić information content (AvgIpc) is 2.82. The Kier molecular flexibility index (Phi) is 3.31. The van der Waals surface area contributed by atoms with Crippen molar-refractivity contribution in [1.82, 2.24) is 0 Å². The first-order chi connectivity index (χ1) is 7.68. The van der Waals surface area contributed by atoms with Crippen molar-refractivity contribution < 1.29 is 8.42 Å². The summed E-state index contributed by atoms with van der Waals surface area (Å²) in [5.41, 5.74) is 0.754. The van der Waals surface area contributed by atoms with Crippen LogP contribution in [0.5, 0.6) is 0 Å². The predicted octanol–water partition coefficient (Wildman–Crippen LogP) is 2.35. The highest BCUT2D eigenvalue weighted by molar-refractivity contribution is 7.96. The summed E-state index contributed by atoms with van der Waals surface area (Å²) >= 11 is 0. The first-order valence-electron chi connectivity index (χ1n) is 5.50. The van der Waals surface area contributed by atoms with Crippen LogP contribution in [0.25, 0.3) is 0 Å². The van der Waals surface area contributed by atoms with Gasteiger partial charge in [0, 0.05) is 10.8 Å². The monoisotopic (exact) mass is 234 g/mol. The molecule has 1 aromatic carbocycles. The maximum atomic E-state index is 11.8. The largest absolute Gasteiger partial charge is 0.219 e. The van der Waals surface area contributed by atoms with Crippen LogP contribution in [-0.2, 0) is 9.84 Å². The van der Waals surface area contributed by atoms with Gasteiger partial charge in [-0.1, -0.05) is 37.0 Å². The third kappa shape index (κ3) is 2.65. The molecule has 0 aliphatic heterocycles. The highest BCUT2D eigenvalue weighted by atomic mass is 32.2. The van der Waals surface area contributed by atoms with Gasteiger partial charge in [-0.2, -0.15) is 0 Å². The van der Waals surface area contributed by atoms with Crippen LogP contribution in [0.15, 0.2) is 30.3 Å². The van der Waals surface area contributed by atoms with Gasteiger partial charge in [0.1, 0.15) is 0 Å². The molecule has 0 heterocycles. The fourth-order valence-electron chi connectivity index (χ4n) is 1.93. The topological polar surface area (TPSA) is 34.1 Å². The van der Waals surface area contributed by atoms with Crippen molar-refractivity contribution in [2.75, 3.05) is 0 Å². The lowest BCUT2D eigenvalue weighted by Gasteiger charge is -2.02. The van der Waals surface area contributed by atoms with Crippen LogP contribution >= 0.6 is 0 Å². The van der Waals surface area contributed by atoms with Gasteiger partial charge in [0.05, 0.1) is 5.25 Å². The van der Waals surface area contributed by atoms with Gasteiger partial charge in [-0.05, 0) is 25.0 Å². The standard InChI is InChI=1S/C13H14O2S/c14-16(15,13-8-4-5-9-13)11-10-12-6-2-1-3-7-12/h1-3,6-7,13H,4-5,8-9H2. The lowest BCUT2D eigenvalue weighted by Crippen LogP contribution is -2.14. The summed E-state index contributed by atoms with van der Waals surface area (Å²) < 4.78 is 23.7. The molecule has 2 rings (SSSR count). The Labute approximate surface area is 96.6 Å². The summed E-state index contributed by atoms with van der Waals surface area (Å²) in [7, 11) is -3.22. The van der Waals surface area contributed by atoms with Crippen LogP contribution in [0.2, 0.25) is 0 Å². The summed E-state index contributed by atoms with van der Waals surface area (Å²) in [5.74, 6) is 2.72. The van der Waals surface area contributed by atoms with Crippen molar-refractivity contribution >= 4 is 9.84 Å². The summed E-state index contributed by atoms with van der Waals surface area (Å²) in [4.78, 5) is 0. The fraction of sp³-hybridized carbons (Fsp3) is 0.385. The molecule has 0 N–H and O–H groups in total. The summed E-state index contributed by atoms with van der Waals surface area (Å²) in [5, 5.41) is 2.21. The molecule has 0 atom stereocenters. The number of sulfone groups is 1. The molecule has 3 heteroatoms. The average molecular weight is 234 g/mol. The molecule has 84 valence electrons. The van der Waals surface area contributed by atoms with Crippen molar-refractivity contribution in [3.8, 4) is 11.2 Å². The molecule has 0 aromatic heterocycles. The summed E-state index contributed by atoms with van der Waals surface area (Å²) in [6.07, 6.45) is 3.56. The van der Waals surface area contributed by atoms with E-state index in [-0.39, 0.29) is 5.25 Å². The van der Waals surface area contributed by atoms with Crippen LogP contribution in [-0.4, -0.2) is 13.7 Å². The molecular weight excluding hydrogens is 220 g/mol. The van der Waals surface area contributed by atoms with Gasteiger partial charge >= 0.3 is 0 Å². The van der Waals surface area contributed by atoms with Crippen LogP contribution in [0.4, 0.5) is 0 Å². The van der Waals surface area contributed by atoms with E-state index >= 15 is 0 Å². The molecule has 0 amide bonds. The van der Waals surface area contributed by atoms with Gasteiger partial charge in [-0.3, -0.25) is 0 Å². The first kappa shape index (κ1) is 11.2. The summed E-state index contributed by atoms with van der Waals surface area (Å²) in [6, 6.07) is 9.23. The molecule has 0 saturated heterocycles. The van der Waals surface area contributed by atoms with E-state index in [2.05, 4.69) is 11.2 Å². The van der Waals surface area contributed by atoms with Crippen molar-refractivity contribution in [2.45, 2.75) is 30.9 Å². The fourth-order valence-corrected chi connectivity index (χ4v) is 3.31. The molecule has 0 spiro atoms. The predicted molar refractivity (Wildman–Crippen MR) is 64.5 cm³/mol. The van der Waals surface area contributed by atoms with Gasteiger partial charge in [-0.15, -0.1) is 0 Å². The Bertz CT molecular complexity index is 500. The highest BCUT2D eigenvalue weighted by Crippen LogP contribution is 2.24. The Morgan fingerprint density at radius 3 is 2.31 bits per heavy atom. The normalized spacial score (nSPS) is 16.8. The van der Waals surface area contributed by atoms with E-state index in [1.54, 1.807) is 0 Å². The quantitative estimate of drug-likeness (QED) is 0.699. The van der Waals surface area contributed by atoms with E-state index in [1.165, 1.54) is 0 Å². The maximum Gasteiger partial charge on any atom is 0.219 e. The Morgan fingerprint density at radius 2 is 1.69 bits per heavy atom. The minimum Gasteiger partial charge on any atom is -0.215 e. The van der Waals surface area contributed by atoms with E-state index in [0.29, 0.717) is 0 Å². The van der Waals surface area contributed by atoms with Gasteiger partial charge < -0.3 is 0 Å². The third-order valence-electron chi connectivity index (χ3n) is 2.85. The second-order valence-electron chi connectivity index (χ2n) is 4.04. The van der Waals surface area contributed by atoms with Crippen molar-refractivity contribution in [3.05, 3.63) is 35.9 Å². The van der Waals surface area contributed by atoms with Crippen LogP contribution < -0.4 is 0 Å². The second kappa shape index (κ2) is 4.71. The molecule has 1 aliphatic carbocycles. The van der Waals surface area contributed by atoms with E-state index in [0.717, 1.165) is 31.2 Å². The molecule has 2 nitrogen and oxygen atoms in total. The van der Waals surface area contributed by atoms with Crippen molar-refractivity contribution in [1.29, 1.82) is 0 Å². The van der Waals surface area contributed by atoms with Gasteiger partial charge in [0.2, 0.25) is 9.84 Å². The van der Waals surface area contributed by atoms with E-state index < -0.39 is 9.84 Å². The molecular formula is C13H14O2S. The van der Waals surface area contributed by atoms with Crippen LogP contribution in [0.3, 0.4) is 0 Å². The SMILES string of the molecule is O=S(=O)(C#Cc1ccccc1)C1CCCC1. The van der Waals surface area contributed by atoms with Crippen molar-refractivity contribution in [2.24, 2.45) is 0 Å². The molecule has 1 aromatic rings. The molecule has 1 saturated carbocycles. The number of benzene rings is 1. The Morgan fingerprint density at radius 1 is 1.06 bits per heavy atom. The lowest BCUT2D eigenvalue weighted by molar-refractivity contribution is 0.590. The zero-order valence-corrected chi connectivity index (χ0v) is 9.83. The minimum atomic E-state index is -3.22. The minimum absolute atomic E-state index is 0.233. The van der Waals surface area contributed by atoms with Crippen LogP contribution in [0.1, 0.15) is 31.2 Å². The maximum absolute atomic E-state index is 11.8. The summed E-state index contributed by atoms with van der Waals surface area (Å²) in [6.45, 7) is 0. The van der Waals surface area contributed by atoms with Crippen molar-refractivity contribution in [3.63, 3.8) is 0 Å². The van der Waals surface area contributed by atoms with Gasteiger partial charge in [0.15, 0.2) is 0 Å². The second-order valence-corrected chi connectivity index (χ2v) is 6.01. The van der Waals surface area contributed by atoms with E-state index in [4.69, 9.17) is 0 Å². The van der Waals surface area contributed by atoms with Gasteiger partial charge in [-0.25, -0.2) is 8.42 Å². The highest BCUT2D eigenvalue weighted by Gasteiger charge is 2.26. The number of hydrogen-bond donors (Lipinski definition) is 0. The van der Waals surface area contributed by atoms with E-state index in [9.17, 15) is 8.42 Å². The van der Waals surface area contributed by atoms with Gasteiger partial charge in [0.25, 0.3) is 0 Å². The zero-order chi connectivity index (χ0) is 11.4. The smallest absolute Gasteiger partial charge is 0.215 e. The molecule has 0 radical (unpaired) electrons. The number of rotatable bonds is 1. The third-order valence-corrected chi connectivity index (χ3v) is 4.59. The molecule has 1 fully saturated rings. The van der Waals surface area contributed by atoms with E-state index in [1.807, 2.05) is 30.3 Å². The first-order valence-corrected chi connectivity index (χ1v) is 7.05. The number of hydrogen-bond acceptors (Lipinski definition) is 2.